The van der Waals surface area contributed by atoms with Crippen molar-refractivity contribution < 1.29 is 0 Å². The average Bonchev–Trinajstić information content (AvgIpc) is 2.70. The summed E-state index contributed by atoms with van der Waals surface area (Å²) in [5.41, 5.74) is 8.42. The molecule has 0 spiro atoms. The van der Waals surface area contributed by atoms with Gasteiger partial charge in [-0.25, -0.2) is 4.98 Å². The second-order valence-electron chi connectivity index (χ2n) is 6.26. The summed E-state index contributed by atoms with van der Waals surface area (Å²) in [5.74, 6) is 0. The Labute approximate surface area is 153 Å². The van der Waals surface area contributed by atoms with Crippen molar-refractivity contribution in [3.63, 3.8) is 0 Å². The van der Waals surface area contributed by atoms with Crippen LogP contribution in [0.5, 0.6) is 0 Å². The Kier molecular flexibility index (Phi) is 4.28. The highest BCUT2D eigenvalue weighted by molar-refractivity contribution is 5.77. The van der Waals surface area contributed by atoms with E-state index >= 15 is 0 Å². The quantitative estimate of drug-likeness (QED) is 0.511. The van der Waals surface area contributed by atoms with Gasteiger partial charge in [0.1, 0.15) is 5.52 Å². The van der Waals surface area contributed by atoms with Crippen molar-refractivity contribution in [3.8, 4) is 11.1 Å². The maximum Gasteiger partial charge on any atom is 0.111 e. The fourth-order valence-corrected chi connectivity index (χ4v) is 3.23. The van der Waals surface area contributed by atoms with E-state index in [9.17, 15) is 0 Å². The minimum absolute atomic E-state index is 0.728. The largest absolute Gasteiger partial charge is 0.259 e. The van der Waals surface area contributed by atoms with Gasteiger partial charge in [-0.1, -0.05) is 55.1 Å². The van der Waals surface area contributed by atoms with Crippen molar-refractivity contribution in [2.24, 2.45) is 0 Å². The molecule has 4 rings (SSSR count). The van der Waals surface area contributed by atoms with Crippen molar-refractivity contribution in [1.82, 2.24) is 15.0 Å². The molecule has 0 radical (unpaired) electrons. The van der Waals surface area contributed by atoms with Crippen LogP contribution < -0.4 is 0 Å². The van der Waals surface area contributed by atoms with Gasteiger partial charge in [0.25, 0.3) is 0 Å². The van der Waals surface area contributed by atoms with E-state index in [0.717, 1.165) is 28.8 Å². The van der Waals surface area contributed by atoms with Crippen LogP contribution in [0.2, 0.25) is 0 Å². The first kappa shape index (κ1) is 16.2. The van der Waals surface area contributed by atoms with Gasteiger partial charge in [0.2, 0.25) is 0 Å². The van der Waals surface area contributed by atoms with Crippen LogP contribution >= 0.6 is 0 Å². The van der Waals surface area contributed by atoms with E-state index in [2.05, 4.69) is 70.9 Å². The molecule has 0 unspecified atom stereocenters. The lowest BCUT2D eigenvalue weighted by Crippen LogP contribution is -2.00. The number of nitrogens with zero attached hydrogens (tertiary/aromatic N) is 3. The number of aromatic nitrogens is 3. The molecule has 2 heterocycles. The van der Waals surface area contributed by atoms with Crippen molar-refractivity contribution in [2.45, 2.75) is 13.3 Å². The smallest absolute Gasteiger partial charge is 0.111 e. The normalized spacial score (nSPS) is 10.8. The Bertz CT molecular complexity index is 1090. The fraction of sp³-hybridized carbons (Fsp3) is 0.0870. The molecule has 4 aromatic rings. The van der Waals surface area contributed by atoms with Gasteiger partial charge >= 0.3 is 0 Å². The Balaban J connectivity index is 1.77. The Hall–Kier alpha value is -3.33. The van der Waals surface area contributed by atoms with Gasteiger partial charge in [0, 0.05) is 12.6 Å². The summed E-state index contributed by atoms with van der Waals surface area (Å²) in [6.07, 6.45) is 5.98. The van der Waals surface area contributed by atoms with Crippen LogP contribution in [0.25, 0.3) is 28.2 Å². The Morgan fingerprint density at radius 3 is 2.62 bits per heavy atom. The predicted octanol–water partition coefficient (Wildman–Crippen LogP) is 5.23. The Morgan fingerprint density at radius 1 is 0.962 bits per heavy atom. The lowest BCUT2D eigenvalue weighted by molar-refractivity contribution is 1.06. The number of rotatable bonds is 4. The molecule has 0 fully saturated rings. The number of benzene rings is 2. The number of pyridine rings is 1. The summed E-state index contributed by atoms with van der Waals surface area (Å²) in [7, 11) is 0. The SMILES string of the molecule is C=Cc1cnc2c(Cc3cccc(-c4ccccc4)c3C)nccc2n1. The monoisotopic (exact) mass is 337 g/mol. The maximum atomic E-state index is 4.57. The van der Waals surface area contributed by atoms with Crippen LogP contribution in [0, 0.1) is 6.92 Å². The molecule has 3 nitrogen and oxygen atoms in total. The highest BCUT2D eigenvalue weighted by Gasteiger charge is 2.11. The number of hydrogen-bond acceptors (Lipinski definition) is 3. The minimum Gasteiger partial charge on any atom is -0.259 e. The minimum atomic E-state index is 0.728. The van der Waals surface area contributed by atoms with Crippen LogP contribution in [0.1, 0.15) is 22.5 Å². The van der Waals surface area contributed by atoms with Gasteiger partial charge < -0.3 is 0 Å². The molecule has 0 aliphatic heterocycles. The third-order valence-corrected chi connectivity index (χ3v) is 4.65. The molecule has 0 bridgehead atoms. The highest BCUT2D eigenvalue weighted by Crippen LogP contribution is 2.27. The zero-order chi connectivity index (χ0) is 17.9. The zero-order valence-corrected chi connectivity index (χ0v) is 14.7. The molecule has 0 saturated carbocycles. The van der Waals surface area contributed by atoms with E-state index in [4.69, 9.17) is 0 Å². The van der Waals surface area contributed by atoms with Gasteiger partial charge in [-0.05, 0) is 41.3 Å². The second-order valence-corrected chi connectivity index (χ2v) is 6.26. The first-order valence-electron chi connectivity index (χ1n) is 8.63. The fourth-order valence-electron chi connectivity index (χ4n) is 3.23. The average molecular weight is 337 g/mol. The van der Waals surface area contributed by atoms with Crippen molar-refractivity contribution in [2.75, 3.05) is 0 Å². The molecule has 0 atom stereocenters. The van der Waals surface area contributed by atoms with Crippen LogP contribution in [-0.4, -0.2) is 15.0 Å². The molecule has 26 heavy (non-hydrogen) atoms. The van der Waals surface area contributed by atoms with Crippen molar-refractivity contribution in [1.29, 1.82) is 0 Å². The predicted molar refractivity (Wildman–Crippen MR) is 107 cm³/mol. The molecule has 3 heteroatoms. The molecule has 0 amide bonds. The molecular formula is C23H19N3. The van der Waals surface area contributed by atoms with Crippen LogP contribution in [0.15, 0.2) is 73.6 Å². The molecular weight excluding hydrogens is 318 g/mol. The van der Waals surface area contributed by atoms with Crippen LogP contribution in [-0.2, 0) is 6.42 Å². The van der Waals surface area contributed by atoms with Gasteiger partial charge in [-0.2, -0.15) is 0 Å². The summed E-state index contributed by atoms with van der Waals surface area (Å²) in [6.45, 7) is 5.93. The molecule has 0 aliphatic carbocycles. The topological polar surface area (TPSA) is 38.7 Å². The van der Waals surface area contributed by atoms with Gasteiger partial charge in [0.15, 0.2) is 0 Å². The third kappa shape index (κ3) is 3.00. The molecule has 0 saturated heterocycles. The Morgan fingerprint density at radius 2 is 1.81 bits per heavy atom. The first-order valence-corrected chi connectivity index (χ1v) is 8.63. The summed E-state index contributed by atoms with van der Waals surface area (Å²) >= 11 is 0. The second kappa shape index (κ2) is 6.89. The summed E-state index contributed by atoms with van der Waals surface area (Å²) < 4.78 is 0. The van der Waals surface area contributed by atoms with Gasteiger partial charge in [-0.3, -0.25) is 9.97 Å². The first-order chi connectivity index (χ1) is 12.8. The van der Waals surface area contributed by atoms with E-state index < -0.39 is 0 Å². The van der Waals surface area contributed by atoms with Crippen molar-refractivity contribution in [3.05, 3.63) is 96.1 Å². The van der Waals surface area contributed by atoms with Crippen LogP contribution in [0.3, 0.4) is 0 Å². The van der Waals surface area contributed by atoms with E-state index in [1.807, 2.05) is 12.1 Å². The van der Waals surface area contributed by atoms with Gasteiger partial charge in [0.05, 0.1) is 23.1 Å². The lowest BCUT2D eigenvalue weighted by Gasteiger charge is -2.12. The summed E-state index contributed by atoms with van der Waals surface area (Å²) in [4.78, 5) is 13.7. The zero-order valence-electron chi connectivity index (χ0n) is 14.7. The van der Waals surface area contributed by atoms with Crippen molar-refractivity contribution >= 4 is 17.1 Å². The van der Waals surface area contributed by atoms with E-state index in [-0.39, 0.29) is 0 Å². The molecule has 2 aromatic carbocycles. The van der Waals surface area contributed by atoms with Crippen LogP contribution in [0.4, 0.5) is 0 Å². The number of hydrogen-bond donors (Lipinski definition) is 0. The van der Waals surface area contributed by atoms with E-state index in [1.165, 1.54) is 22.3 Å². The van der Waals surface area contributed by atoms with E-state index in [1.54, 1.807) is 18.5 Å². The van der Waals surface area contributed by atoms with Gasteiger partial charge in [-0.15, -0.1) is 0 Å². The molecule has 126 valence electrons. The maximum absolute atomic E-state index is 4.57. The lowest BCUT2D eigenvalue weighted by atomic mass is 9.94. The third-order valence-electron chi connectivity index (χ3n) is 4.65. The van der Waals surface area contributed by atoms with E-state index in [0.29, 0.717) is 0 Å². The highest BCUT2D eigenvalue weighted by atomic mass is 14.8. The molecule has 0 N–H and O–H groups in total. The summed E-state index contributed by atoms with van der Waals surface area (Å²) in [5, 5.41) is 0. The summed E-state index contributed by atoms with van der Waals surface area (Å²) in [6, 6.07) is 18.8. The molecule has 0 aliphatic rings. The molecule has 2 aromatic heterocycles. The number of fused-ring (bicyclic) bond motifs is 1. The standard InChI is InChI=1S/C23H19N3/c1-3-19-15-25-23-21(26-19)12-13-24-22(23)14-18-10-7-11-20(16(18)2)17-8-5-4-6-9-17/h3-13,15H,1,14H2,2H3.